The van der Waals surface area contributed by atoms with E-state index in [0.29, 0.717) is 18.6 Å². The standard InChI is InChI=1S/C18H21FN2O3/c1-13(7-6-12-22)20-18(23)21-17-15(19)10-5-11-16(17)24-14-8-3-2-4-9-14/h2-5,8-11,13,22H,6-7,12H2,1H3,(H2,20,21,23). The molecule has 0 saturated heterocycles. The largest absolute Gasteiger partial charge is 0.455 e. The average molecular weight is 332 g/mol. The van der Waals surface area contributed by atoms with E-state index >= 15 is 0 Å². The van der Waals surface area contributed by atoms with Crippen LogP contribution in [0.4, 0.5) is 14.9 Å². The van der Waals surface area contributed by atoms with Crippen molar-refractivity contribution in [2.45, 2.75) is 25.8 Å². The third-order valence-electron chi connectivity index (χ3n) is 3.36. The van der Waals surface area contributed by atoms with Gasteiger partial charge in [0, 0.05) is 12.6 Å². The van der Waals surface area contributed by atoms with Gasteiger partial charge in [0.2, 0.25) is 0 Å². The Bertz CT molecular complexity index is 665. The van der Waals surface area contributed by atoms with Crippen molar-refractivity contribution in [3.05, 3.63) is 54.3 Å². The van der Waals surface area contributed by atoms with Gasteiger partial charge in [-0.05, 0) is 44.0 Å². The molecule has 0 saturated carbocycles. The molecule has 0 bridgehead atoms. The summed E-state index contributed by atoms with van der Waals surface area (Å²) in [4.78, 5) is 12.0. The van der Waals surface area contributed by atoms with Crippen molar-refractivity contribution in [1.82, 2.24) is 5.32 Å². The van der Waals surface area contributed by atoms with Crippen molar-refractivity contribution >= 4 is 11.7 Å². The average Bonchev–Trinajstić information content (AvgIpc) is 2.57. The molecule has 0 radical (unpaired) electrons. The number of carbonyl (C=O) groups is 1. The summed E-state index contributed by atoms with van der Waals surface area (Å²) >= 11 is 0. The van der Waals surface area contributed by atoms with Gasteiger partial charge in [-0.1, -0.05) is 24.3 Å². The number of benzene rings is 2. The molecule has 0 aromatic heterocycles. The SMILES string of the molecule is CC(CCCO)NC(=O)Nc1c(F)cccc1Oc1ccccc1. The van der Waals surface area contributed by atoms with Crippen LogP contribution in [0.25, 0.3) is 0 Å². The second-order valence-electron chi connectivity index (χ2n) is 5.39. The van der Waals surface area contributed by atoms with Crippen LogP contribution in [0.3, 0.4) is 0 Å². The van der Waals surface area contributed by atoms with Crippen LogP contribution in [0.15, 0.2) is 48.5 Å². The van der Waals surface area contributed by atoms with Gasteiger partial charge < -0.3 is 20.5 Å². The molecule has 5 nitrogen and oxygen atoms in total. The zero-order valence-electron chi connectivity index (χ0n) is 13.5. The normalized spacial score (nSPS) is 11.6. The third-order valence-corrected chi connectivity index (χ3v) is 3.36. The van der Waals surface area contributed by atoms with E-state index in [-0.39, 0.29) is 24.1 Å². The Morgan fingerprint density at radius 1 is 1.21 bits per heavy atom. The van der Waals surface area contributed by atoms with Gasteiger partial charge in [-0.15, -0.1) is 0 Å². The van der Waals surface area contributed by atoms with Gasteiger partial charge >= 0.3 is 6.03 Å². The molecule has 6 heteroatoms. The second kappa shape index (κ2) is 8.88. The first-order valence-electron chi connectivity index (χ1n) is 7.80. The molecule has 0 aliphatic heterocycles. The molecule has 0 heterocycles. The second-order valence-corrected chi connectivity index (χ2v) is 5.39. The Hall–Kier alpha value is -2.60. The van der Waals surface area contributed by atoms with Crippen LogP contribution >= 0.6 is 0 Å². The molecule has 2 amide bonds. The van der Waals surface area contributed by atoms with Gasteiger partial charge in [-0.3, -0.25) is 0 Å². The number of urea groups is 1. The van der Waals surface area contributed by atoms with Crippen molar-refractivity contribution in [2.75, 3.05) is 11.9 Å². The predicted molar refractivity (Wildman–Crippen MR) is 90.9 cm³/mol. The van der Waals surface area contributed by atoms with E-state index < -0.39 is 11.8 Å². The number of para-hydroxylation sites is 2. The van der Waals surface area contributed by atoms with Crippen LogP contribution in [-0.2, 0) is 0 Å². The lowest BCUT2D eigenvalue weighted by molar-refractivity contribution is 0.245. The molecular weight excluding hydrogens is 311 g/mol. The molecule has 0 spiro atoms. The first kappa shape index (κ1) is 17.7. The van der Waals surface area contributed by atoms with Gasteiger partial charge in [0.15, 0.2) is 11.6 Å². The lowest BCUT2D eigenvalue weighted by atomic mass is 10.2. The van der Waals surface area contributed by atoms with Gasteiger partial charge in [0.05, 0.1) is 0 Å². The van der Waals surface area contributed by atoms with Crippen molar-refractivity contribution in [1.29, 1.82) is 0 Å². The quantitative estimate of drug-likeness (QED) is 0.720. The number of rotatable bonds is 7. The highest BCUT2D eigenvalue weighted by Gasteiger charge is 2.15. The van der Waals surface area contributed by atoms with E-state index in [0.717, 1.165) is 0 Å². The number of carbonyl (C=O) groups excluding carboxylic acids is 1. The predicted octanol–water partition coefficient (Wildman–Crippen LogP) is 3.90. The van der Waals surface area contributed by atoms with E-state index in [4.69, 9.17) is 9.84 Å². The Kier molecular flexibility index (Phi) is 6.57. The fraction of sp³-hybridized carbons (Fsp3) is 0.278. The summed E-state index contributed by atoms with van der Waals surface area (Å²) in [5.41, 5.74) is -0.0202. The van der Waals surface area contributed by atoms with E-state index in [2.05, 4.69) is 10.6 Å². The minimum Gasteiger partial charge on any atom is -0.455 e. The molecule has 3 N–H and O–H groups in total. The number of amides is 2. The minimum absolute atomic E-state index is 0.0202. The van der Waals surface area contributed by atoms with Crippen LogP contribution in [0.2, 0.25) is 0 Å². The summed E-state index contributed by atoms with van der Waals surface area (Å²) in [7, 11) is 0. The van der Waals surface area contributed by atoms with Crippen molar-refractivity contribution in [3.63, 3.8) is 0 Å². The van der Waals surface area contributed by atoms with E-state index in [1.807, 2.05) is 13.0 Å². The molecule has 2 rings (SSSR count). The molecule has 24 heavy (non-hydrogen) atoms. The van der Waals surface area contributed by atoms with Crippen LogP contribution in [0, 0.1) is 5.82 Å². The maximum Gasteiger partial charge on any atom is 0.319 e. The summed E-state index contributed by atoms with van der Waals surface area (Å²) < 4.78 is 19.7. The Morgan fingerprint density at radius 2 is 1.96 bits per heavy atom. The van der Waals surface area contributed by atoms with E-state index in [1.54, 1.807) is 30.3 Å². The summed E-state index contributed by atoms with van der Waals surface area (Å²) in [5, 5.41) is 14.0. The molecule has 128 valence electrons. The van der Waals surface area contributed by atoms with Crippen molar-refractivity contribution < 1.29 is 19.0 Å². The molecule has 2 aromatic carbocycles. The zero-order valence-corrected chi connectivity index (χ0v) is 13.5. The number of aliphatic hydroxyl groups is 1. The lowest BCUT2D eigenvalue weighted by Gasteiger charge is -2.16. The smallest absolute Gasteiger partial charge is 0.319 e. The fourth-order valence-corrected chi connectivity index (χ4v) is 2.17. The van der Waals surface area contributed by atoms with Crippen molar-refractivity contribution in [3.8, 4) is 11.5 Å². The fourth-order valence-electron chi connectivity index (χ4n) is 2.17. The van der Waals surface area contributed by atoms with Gasteiger partial charge in [-0.2, -0.15) is 0 Å². The number of aliphatic hydroxyl groups excluding tert-OH is 1. The number of ether oxygens (including phenoxy) is 1. The maximum atomic E-state index is 14.1. The highest BCUT2D eigenvalue weighted by molar-refractivity contribution is 5.91. The highest BCUT2D eigenvalue weighted by atomic mass is 19.1. The zero-order chi connectivity index (χ0) is 17.4. The molecule has 0 fully saturated rings. The number of halogens is 1. The first-order chi connectivity index (χ1) is 11.6. The summed E-state index contributed by atoms with van der Waals surface area (Å²) in [6.07, 6.45) is 1.22. The maximum absolute atomic E-state index is 14.1. The van der Waals surface area contributed by atoms with Crippen LogP contribution in [0.5, 0.6) is 11.5 Å². The van der Waals surface area contributed by atoms with Gasteiger partial charge in [0.1, 0.15) is 11.4 Å². The Balaban J connectivity index is 2.07. The summed E-state index contributed by atoms with van der Waals surface area (Å²) in [5.74, 6) is 0.184. The molecule has 2 aromatic rings. The Labute approximate surface area is 140 Å². The van der Waals surface area contributed by atoms with Crippen molar-refractivity contribution in [2.24, 2.45) is 0 Å². The van der Waals surface area contributed by atoms with Gasteiger partial charge in [0.25, 0.3) is 0 Å². The molecule has 0 aliphatic carbocycles. The number of nitrogens with one attached hydrogen (secondary N) is 2. The molecule has 0 aliphatic rings. The number of hydrogen-bond acceptors (Lipinski definition) is 3. The summed E-state index contributed by atoms with van der Waals surface area (Å²) in [6, 6.07) is 12.6. The van der Waals surface area contributed by atoms with Crippen LogP contribution < -0.4 is 15.4 Å². The highest BCUT2D eigenvalue weighted by Crippen LogP contribution is 2.31. The number of hydrogen-bond donors (Lipinski definition) is 3. The first-order valence-corrected chi connectivity index (χ1v) is 7.80. The molecule has 1 unspecified atom stereocenters. The minimum atomic E-state index is -0.582. The molecular formula is C18H21FN2O3. The van der Waals surface area contributed by atoms with Gasteiger partial charge in [-0.25, -0.2) is 9.18 Å². The monoisotopic (exact) mass is 332 g/mol. The molecule has 1 atom stereocenters. The van der Waals surface area contributed by atoms with Crippen LogP contribution in [-0.4, -0.2) is 23.8 Å². The number of anilines is 1. The Morgan fingerprint density at radius 3 is 2.67 bits per heavy atom. The lowest BCUT2D eigenvalue weighted by Crippen LogP contribution is -2.36. The topological polar surface area (TPSA) is 70.6 Å². The summed E-state index contributed by atoms with van der Waals surface area (Å²) in [6.45, 7) is 1.88. The van der Waals surface area contributed by atoms with E-state index in [1.165, 1.54) is 12.1 Å². The van der Waals surface area contributed by atoms with Crippen LogP contribution in [0.1, 0.15) is 19.8 Å². The van der Waals surface area contributed by atoms with E-state index in [9.17, 15) is 9.18 Å². The third kappa shape index (κ3) is 5.24.